The molecular formula is C20H22N4O2. The molecule has 1 atom stereocenters. The van der Waals surface area contributed by atoms with Crippen LogP contribution in [0.4, 0.5) is 0 Å². The molecule has 0 saturated carbocycles. The van der Waals surface area contributed by atoms with Crippen LogP contribution in [-0.2, 0) is 6.54 Å². The van der Waals surface area contributed by atoms with E-state index >= 15 is 0 Å². The fourth-order valence-electron chi connectivity index (χ4n) is 3.67. The van der Waals surface area contributed by atoms with Crippen molar-refractivity contribution in [1.82, 2.24) is 19.4 Å². The summed E-state index contributed by atoms with van der Waals surface area (Å²) in [4.78, 5) is 24.0. The fraction of sp³-hybridized carbons (Fsp3) is 0.350. The first kappa shape index (κ1) is 16.6. The zero-order valence-corrected chi connectivity index (χ0v) is 15.1. The number of amides is 1. The zero-order chi connectivity index (χ0) is 18.1. The second-order valence-electron chi connectivity index (χ2n) is 6.53. The first-order valence-electron chi connectivity index (χ1n) is 8.95. The summed E-state index contributed by atoms with van der Waals surface area (Å²) in [6, 6.07) is 11.2. The fourth-order valence-corrected chi connectivity index (χ4v) is 3.67. The highest BCUT2D eigenvalue weighted by Crippen LogP contribution is 2.30. The van der Waals surface area contributed by atoms with E-state index in [1.807, 2.05) is 41.3 Å². The standard InChI is InChI=1S/C20H22N4O2/c1-3-24-18(22-17-5-4-11-21-19(17)24)15-10-12-23(13-15)20(25)14-6-8-16(26-2)9-7-14/h4-9,11,15H,3,10,12-13H2,1-2H3/t15-/m0/s1. The number of pyridine rings is 1. The molecule has 1 saturated heterocycles. The van der Waals surface area contributed by atoms with Crippen LogP contribution in [0.3, 0.4) is 0 Å². The minimum Gasteiger partial charge on any atom is -0.497 e. The zero-order valence-electron chi connectivity index (χ0n) is 15.1. The molecule has 1 aliphatic heterocycles. The quantitative estimate of drug-likeness (QED) is 0.725. The van der Waals surface area contributed by atoms with Gasteiger partial charge < -0.3 is 14.2 Å². The van der Waals surface area contributed by atoms with Crippen molar-refractivity contribution >= 4 is 17.1 Å². The average Bonchev–Trinajstić information content (AvgIpc) is 3.31. The van der Waals surface area contributed by atoms with Gasteiger partial charge in [-0.25, -0.2) is 9.97 Å². The molecule has 6 heteroatoms. The van der Waals surface area contributed by atoms with Crippen LogP contribution >= 0.6 is 0 Å². The molecule has 4 rings (SSSR count). The van der Waals surface area contributed by atoms with Crippen molar-refractivity contribution in [2.75, 3.05) is 20.2 Å². The normalized spacial score (nSPS) is 17.0. The number of hydrogen-bond donors (Lipinski definition) is 0. The van der Waals surface area contributed by atoms with Gasteiger partial charge in [0.15, 0.2) is 5.65 Å². The van der Waals surface area contributed by atoms with Crippen molar-refractivity contribution in [1.29, 1.82) is 0 Å². The Kier molecular flexibility index (Phi) is 4.32. The topological polar surface area (TPSA) is 60.2 Å². The number of hydrogen-bond acceptors (Lipinski definition) is 4. The van der Waals surface area contributed by atoms with Crippen LogP contribution in [0.2, 0.25) is 0 Å². The lowest BCUT2D eigenvalue weighted by Crippen LogP contribution is -2.28. The molecule has 0 unspecified atom stereocenters. The number of imidazole rings is 1. The average molecular weight is 350 g/mol. The molecule has 2 aromatic heterocycles. The Balaban J connectivity index is 1.55. The van der Waals surface area contributed by atoms with Gasteiger partial charge in [0.25, 0.3) is 5.91 Å². The molecule has 134 valence electrons. The number of aryl methyl sites for hydroxylation is 1. The van der Waals surface area contributed by atoms with E-state index in [1.54, 1.807) is 13.3 Å². The first-order valence-corrected chi connectivity index (χ1v) is 8.95. The van der Waals surface area contributed by atoms with Crippen molar-refractivity contribution in [3.05, 3.63) is 54.0 Å². The molecule has 1 aliphatic rings. The van der Waals surface area contributed by atoms with Crippen LogP contribution in [0, 0.1) is 0 Å². The summed E-state index contributed by atoms with van der Waals surface area (Å²) in [7, 11) is 1.62. The molecule has 0 N–H and O–H groups in total. The van der Waals surface area contributed by atoms with E-state index in [1.165, 1.54) is 0 Å². The molecule has 6 nitrogen and oxygen atoms in total. The van der Waals surface area contributed by atoms with Gasteiger partial charge in [-0.2, -0.15) is 0 Å². The van der Waals surface area contributed by atoms with Crippen molar-refractivity contribution in [3.63, 3.8) is 0 Å². The Morgan fingerprint density at radius 3 is 2.81 bits per heavy atom. The third kappa shape index (κ3) is 2.81. The second kappa shape index (κ2) is 6.78. The van der Waals surface area contributed by atoms with Gasteiger partial charge in [-0.1, -0.05) is 0 Å². The molecule has 0 aliphatic carbocycles. The van der Waals surface area contributed by atoms with E-state index in [4.69, 9.17) is 9.72 Å². The number of carbonyl (C=O) groups is 1. The van der Waals surface area contributed by atoms with Crippen molar-refractivity contribution in [2.45, 2.75) is 25.8 Å². The molecule has 0 bridgehead atoms. The number of methoxy groups -OCH3 is 1. The predicted molar refractivity (Wildman–Crippen MR) is 99.5 cm³/mol. The van der Waals surface area contributed by atoms with Gasteiger partial charge >= 0.3 is 0 Å². The number of likely N-dealkylation sites (tertiary alicyclic amines) is 1. The Hall–Kier alpha value is -2.89. The van der Waals surface area contributed by atoms with Crippen LogP contribution < -0.4 is 4.74 Å². The lowest BCUT2D eigenvalue weighted by atomic mass is 10.1. The highest BCUT2D eigenvalue weighted by molar-refractivity contribution is 5.94. The summed E-state index contributed by atoms with van der Waals surface area (Å²) in [6.45, 7) is 4.37. The summed E-state index contributed by atoms with van der Waals surface area (Å²) in [6.07, 6.45) is 2.72. The Morgan fingerprint density at radius 1 is 1.27 bits per heavy atom. The predicted octanol–water partition coefficient (Wildman–Crippen LogP) is 3.09. The minimum atomic E-state index is 0.0624. The lowest BCUT2D eigenvalue weighted by molar-refractivity contribution is 0.0790. The van der Waals surface area contributed by atoms with Crippen molar-refractivity contribution in [2.24, 2.45) is 0 Å². The molecule has 1 amide bonds. The van der Waals surface area contributed by atoms with Gasteiger partial charge in [-0.15, -0.1) is 0 Å². The Morgan fingerprint density at radius 2 is 2.08 bits per heavy atom. The van der Waals surface area contributed by atoms with Gasteiger partial charge in [0.1, 0.15) is 17.1 Å². The number of ether oxygens (including phenoxy) is 1. The third-order valence-corrected chi connectivity index (χ3v) is 5.03. The largest absolute Gasteiger partial charge is 0.497 e. The number of nitrogens with zero attached hydrogens (tertiary/aromatic N) is 4. The monoisotopic (exact) mass is 350 g/mol. The summed E-state index contributed by atoms with van der Waals surface area (Å²) in [5.74, 6) is 2.09. The minimum absolute atomic E-state index is 0.0624. The molecule has 3 heterocycles. The molecule has 0 radical (unpaired) electrons. The summed E-state index contributed by atoms with van der Waals surface area (Å²) < 4.78 is 7.33. The van der Waals surface area contributed by atoms with Crippen LogP contribution in [0.15, 0.2) is 42.6 Å². The van der Waals surface area contributed by atoms with E-state index in [0.717, 1.165) is 42.2 Å². The van der Waals surface area contributed by atoms with Gasteiger partial charge in [-0.3, -0.25) is 4.79 Å². The summed E-state index contributed by atoms with van der Waals surface area (Å²) in [5.41, 5.74) is 2.53. The van der Waals surface area contributed by atoms with E-state index in [0.29, 0.717) is 12.1 Å². The maximum atomic E-state index is 12.8. The van der Waals surface area contributed by atoms with E-state index < -0.39 is 0 Å². The van der Waals surface area contributed by atoms with E-state index in [2.05, 4.69) is 16.5 Å². The van der Waals surface area contributed by atoms with Crippen molar-refractivity contribution in [3.8, 4) is 5.75 Å². The van der Waals surface area contributed by atoms with Crippen LogP contribution in [0.25, 0.3) is 11.2 Å². The smallest absolute Gasteiger partial charge is 0.253 e. The molecule has 1 aromatic carbocycles. The van der Waals surface area contributed by atoms with Gasteiger partial charge in [0.2, 0.25) is 0 Å². The highest BCUT2D eigenvalue weighted by atomic mass is 16.5. The van der Waals surface area contributed by atoms with Gasteiger partial charge in [0.05, 0.1) is 7.11 Å². The van der Waals surface area contributed by atoms with Crippen LogP contribution in [0.5, 0.6) is 5.75 Å². The number of fused-ring (bicyclic) bond motifs is 1. The SMILES string of the molecule is CCn1c([C@H]2CCN(C(=O)c3ccc(OC)cc3)C2)nc2cccnc21. The van der Waals surface area contributed by atoms with Gasteiger partial charge in [0, 0.05) is 37.3 Å². The number of aromatic nitrogens is 3. The van der Waals surface area contributed by atoms with Crippen molar-refractivity contribution < 1.29 is 9.53 Å². The van der Waals surface area contributed by atoms with Crippen LogP contribution in [-0.4, -0.2) is 45.5 Å². The number of rotatable bonds is 4. The third-order valence-electron chi connectivity index (χ3n) is 5.03. The van der Waals surface area contributed by atoms with Gasteiger partial charge in [-0.05, 0) is 49.7 Å². The van der Waals surface area contributed by atoms with E-state index in [-0.39, 0.29) is 11.8 Å². The van der Waals surface area contributed by atoms with E-state index in [9.17, 15) is 4.79 Å². The summed E-state index contributed by atoms with van der Waals surface area (Å²) in [5, 5.41) is 0. The first-order chi connectivity index (χ1) is 12.7. The number of carbonyl (C=O) groups excluding carboxylic acids is 1. The molecular weight excluding hydrogens is 328 g/mol. The molecule has 3 aromatic rings. The second-order valence-corrected chi connectivity index (χ2v) is 6.53. The number of benzene rings is 1. The highest BCUT2D eigenvalue weighted by Gasteiger charge is 2.31. The lowest BCUT2D eigenvalue weighted by Gasteiger charge is -2.17. The maximum Gasteiger partial charge on any atom is 0.253 e. The molecule has 1 fully saturated rings. The Labute approximate surface area is 152 Å². The Bertz CT molecular complexity index is 933. The van der Waals surface area contributed by atoms with Crippen LogP contribution in [0.1, 0.15) is 35.4 Å². The molecule has 26 heavy (non-hydrogen) atoms. The summed E-state index contributed by atoms with van der Waals surface area (Å²) >= 11 is 0. The maximum absolute atomic E-state index is 12.8. The molecule has 0 spiro atoms.